The Morgan fingerprint density at radius 3 is 2.36 bits per heavy atom. The molecule has 0 unspecified atom stereocenters. The molecule has 1 atom stereocenters. The monoisotopic (exact) mass is 490 g/mol. The maximum atomic E-state index is 13.0. The summed E-state index contributed by atoms with van der Waals surface area (Å²) in [6, 6.07) is 18.4. The van der Waals surface area contributed by atoms with Crippen molar-refractivity contribution in [3.63, 3.8) is 0 Å². The number of para-hydroxylation sites is 1. The number of rotatable bonds is 11. The average molecular weight is 491 g/mol. The first-order chi connectivity index (χ1) is 17.4. The highest BCUT2D eigenvalue weighted by Gasteiger charge is 2.22. The zero-order valence-electron chi connectivity index (χ0n) is 21.5. The van der Waals surface area contributed by atoms with Gasteiger partial charge in [-0.05, 0) is 73.7 Å². The maximum absolute atomic E-state index is 13.0. The Kier molecular flexibility index (Phi) is 9.33. The van der Waals surface area contributed by atoms with E-state index >= 15 is 0 Å². The second-order valence-electron chi connectivity index (χ2n) is 8.44. The van der Waals surface area contributed by atoms with Gasteiger partial charge in [-0.3, -0.25) is 9.59 Å². The molecule has 36 heavy (non-hydrogen) atoms. The van der Waals surface area contributed by atoms with E-state index in [4.69, 9.17) is 14.2 Å². The van der Waals surface area contributed by atoms with E-state index in [0.29, 0.717) is 47.9 Å². The molecule has 7 nitrogen and oxygen atoms in total. The number of methoxy groups -OCH3 is 2. The van der Waals surface area contributed by atoms with Gasteiger partial charge in [-0.15, -0.1) is 0 Å². The smallest absolute Gasteiger partial charge is 0.265 e. The summed E-state index contributed by atoms with van der Waals surface area (Å²) in [5, 5.41) is 5.81. The first-order valence-electron chi connectivity index (χ1n) is 12.0. The minimum Gasteiger partial charge on any atom is -0.493 e. The lowest BCUT2D eigenvalue weighted by atomic mass is 10.1. The maximum Gasteiger partial charge on any atom is 0.265 e. The lowest BCUT2D eigenvalue weighted by Crippen LogP contribution is -2.34. The van der Waals surface area contributed by atoms with Crippen LogP contribution in [0.5, 0.6) is 17.2 Å². The first kappa shape index (κ1) is 26.6. The fourth-order valence-electron chi connectivity index (χ4n) is 3.78. The van der Waals surface area contributed by atoms with Gasteiger partial charge >= 0.3 is 0 Å². The molecule has 7 heteroatoms. The van der Waals surface area contributed by atoms with Gasteiger partial charge in [0.25, 0.3) is 11.8 Å². The minimum absolute atomic E-state index is 0.269. The van der Waals surface area contributed by atoms with Crippen molar-refractivity contribution in [2.24, 2.45) is 0 Å². The van der Waals surface area contributed by atoms with Crippen LogP contribution in [0, 0.1) is 13.8 Å². The first-order valence-corrected chi connectivity index (χ1v) is 12.0. The summed E-state index contributed by atoms with van der Waals surface area (Å²) in [6.07, 6.45) is 0.410. The minimum atomic E-state index is -0.688. The molecule has 0 saturated heterocycles. The van der Waals surface area contributed by atoms with Crippen LogP contribution in [0.3, 0.4) is 0 Å². The molecular formula is C29H34N2O5. The van der Waals surface area contributed by atoms with Crippen molar-refractivity contribution in [3.8, 4) is 17.2 Å². The van der Waals surface area contributed by atoms with Gasteiger partial charge in [0.15, 0.2) is 17.6 Å². The number of aryl methyl sites for hydroxylation is 1. The lowest BCUT2D eigenvalue weighted by molar-refractivity contribution is -0.122. The molecule has 0 aliphatic heterocycles. The van der Waals surface area contributed by atoms with Crippen LogP contribution < -0.4 is 24.8 Å². The Bertz CT molecular complexity index is 1210. The van der Waals surface area contributed by atoms with Crippen LogP contribution in [0.4, 0.5) is 5.69 Å². The van der Waals surface area contributed by atoms with Crippen molar-refractivity contribution in [2.75, 3.05) is 26.1 Å². The van der Waals surface area contributed by atoms with Crippen LogP contribution >= 0.6 is 0 Å². The lowest BCUT2D eigenvalue weighted by Gasteiger charge is -2.20. The van der Waals surface area contributed by atoms with Crippen molar-refractivity contribution in [2.45, 2.75) is 39.7 Å². The van der Waals surface area contributed by atoms with Crippen LogP contribution in [0.2, 0.25) is 0 Å². The molecule has 0 bridgehead atoms. The van der Waals surface area contributed by atoms with Gasteiger partial charge in [0.05, 0.1) is 25.5 Å². The van der Waals surface area contributed by atoms with Gasteiger partial charge in [-0.2, -0.15) is 0 Å². The van der Waals surface area contributed by atoms with Gasteiger partial charge in [-0.1, -0.05) is 37.3 Å². The van der Waals surface area contributed by atoms with E-state index < -0.39 is 6.10 Å². The van der Waals surface area contributed by atoms with E-state index in [2.05, 4.69) is 10.6 Å². The third-order valence-electron chi connectivity index (χ3n) is 6.06. The summed E-state index contributed by atoms with van der Waals surface area (Å²) in [4.78, 5) is 26.0. The topological polar surface area (TPSA) is 85.9 Å². The molecule has 0 fully saturated rings. The highest BCUT2D eigenvalue weighted by Crippen LogP contribution is 2.28. The number of benzene rings is 3. The number of anilines is 1. The molecule has 190 valence electrons. The highest BCUT2D eigenvalue weighted by atomic mass is 16.5. The summed E-state index contributed by atoms with van der Waals surface area (Å²) in [7, 11) is 3.18. The average Bonchev–Trinajstić information content (AvgIpc) is 2.89. The van der Waals surface area contributed by atoms with Gasteiger partial charge in [0, 0.05) is 6.54 Å². The zero-order valence-corrected chi connectivity index (χ0v) is 21.5. The van der Waals surface area contributed by atoms with Crippen LogP contribution in [0.1, 0.15) is 40.4 Å². The molecule has 2 amide bonds. The zero-order chi connectivity index (χ0) is 26.1. The van der Waals surface area contributed by atoms with E-state index in [1.165, 1.54) is 0 Å². The SMILES string of the molecule is CC[C@@H](Oc1cccc(C)c1C)C(=O)Nc1ccccc1C(=O)NCCc1ccc(OC)c(OC)c1. The molecule has 3 aromatic carbocycles. The summed E-state index contributed by atoms with van der Waals surface area (Å²) < 4.78 is 16.6. The highest BCUT2D eigenvalue weighted by molar-refractivity contribution is 6.04. The number of carbonyl (C=O) groups excluding carboxylic acids is 2. The molecule has 2 N–H and O–H groups in total. The van der Waals surface area contributed by atoms with Crippen molar-refractivity contribution in [1.29, 1.82) is 0 Å². The van der Waals surface area contributed by atoms with Crippen LogP contribution in [-0.4, -0.2) is 38.7 Å². The third-order valence-corrected chi connectivity index (χ3v) is 6.06. The van der Waals surface area contributed by atoms with Crippen LogP contribution in [-0.2, 0) is 11.2 Å². The van der Waals surface area contributed by atoms with Crippen molar-refractivity contribution < 1.29 is 23.8 Å². The number of amides is 2. The van der Waals surface area contributed by atoms with Gasteiger partial charge in [0.1, 0.15) is 5.75 Å². The molecule has 0 saturated carbocycles. The summed E-state index contributed by atoms with van der Waals surface area (Å²) in [6.45, 7) is 6.28. The molecule has 3 rings (SSSR count). The fourth-order valence-corrected chi connectivity index (χ4v) is 3.78. The Hall–Kier alpha value is -4.00. The van der Waals surface area contributed by atoms with E-state index in [1.807, 2.05) is 57.2 Å². The quantitative estimate of drug-likeness (QED) is 0.391. The molecule has 0 heterocycles. The van der Waals surface area contributed by atoms with E-state index in [0.717, 1.165) is 16.7 Å². The molecule has 0 spiro atoms. The summed E-state index contributed by atoms with van der Waals surface area (Å²) in [5.41, 5.74) is 3.92. The molecule has 0 radical (unpaired) electrons. The Morgan fingerprint density at radius 2 is 1.64 bits per heavy atom. The van der Waals surface area contributed by atoms with E-state index in [9.17, 15) is 9.59 Å². The third kappa shape index (κ3) is 6.56. The largest absolute Gasteiger partial charge is 0.493 e. The molecule has 3 aromatic rings. The number of hydrogen-bond donors (Lipinski definition) is 2. The van der Waals surface area contributed by atoms with Crippen molar-refractivity contribution >= 4 is 17.5 Å². The summed E-state index contributed by atoms with van der Waals surface area (Å²) in [5.74, 6) is 1.40. The molecule has 0 aliphatic carbocycles. The predicted molar refractivity (Wildman–Crippen MR) is 141 cm³/mol. The second kappa shape index (κ2) is 12.6. The second-order valence-corrected chi connectivity index (χ2v) is 8.44. The molecule has 0 aliphatic rings. The standard InChI is InChI=1S/C29H34N2O5/c1-6-24(36-25-13-9-10-19(2)20(25)3)29(33)31-23-12-8-7-11-22(23)28(32)30-17-16-21-14-15-26(34-4)27(18-21)35-5/h7-15,18,24H,6,16-17H2,1-5H3,(H,30,32)(H,31,33)/t24-/m1/s1. The van der Waals surface area contributed by atoms with E-state index in [-0.39, 0.29) is 11.8 Å². The molecule has 0 aromatic heterocycles. The van der Waals surface area contributed by atoms with Gasteiger partial charge in [0.2, 0.25) is 0 Å². The number of hydrogen-bond acceptors (Lipinski definition) is 5. The Morgan fingerprint density at radius 1 is 0.889 bits per heavy atom. The van der Waals surface area contributed by atoms with E-state index in [1.54, 1.807) is 38.5 Å². The van der Waals surface area contributed by atoms with Crippen LogP contribution in [0.15, 0.2) is 60.7 Å². The number of ether oxygens (including phenoxy) is 3. The van der Waals surface area contributed by atoms with Crippen LogP contribution in [0.25, 0.3) is 0 Å². The van der Waals surface area contributed by atoms with Crippen molar-refractivity contribution in [1.82, 2.24) is 5.32 Å². The van der Waals surface area contributed by atoms with Gasteiger partial charge < -0.3 is 24.8 Å². The normalized spacial score (nSPS) is 11.4. The Labute approximate surface area is 212 Å². The fraction of sp³-hybridized carbons (Fsp3) is 0.310. The number of nitrogens with one attached hydrogen (secondary N) is 2. The molecular weight excluding hydrogens is 456 g/mol. The number of carbonyl (C=O) groups is 2. The van der Waals surface area contributed by atoms with Crippen molar-refractivity contribution in [3.05, 3.63) is 82.9 Å². The Balaban J connectivity index is 1.64. The predicted octanol–water partition coefficient (Wildman–Crippen LogP) is 5.09. The van der Waals surface area contributed by atoms with Gasteiger partial charge in [-0.25, -0.2) is 0 Å². The summed E-state index contributed by atoms with van der Waals surface area (Å²) >= 11 is 0.